The molecule has 4 heteroatoms. The number of carbonyl (C=O) groups is 2. The molecule has 0 saturated heterocycles. The van der Waals surface area contributed by atoms with Gasteiger partial charge in [-0.3, -0.25) is 4.79 Å². The summed E-state index contributed by atoms with van der Waals surface area (Å²) in [5.41, 5.74) is 2.78. The van der Waals surface area contributed by atoms with Crippen LogP contribution in [0.2, 0.25) is 0 Å². The number of amides is 2. The molecule has 21 heavy (non-hydrogen) atoms. The van der Waals surface area contributed by atoms with E-state index in [0.29, 0.717) is 17.8 Å². The molecule has 4 nitrogen and oxygen atoms in total. The van der Waals surface area contributed by atoms with Crippen molar-refractivity contribution in [3.05, 3.63) is 41.5 Å². The van der Waals surface area contributed by atoms with Gasteiger partial charge in [0.15, 0.2) is 5.78 Å². The van der Waals surface area contributed by atoms with Gasteiger partial charge in [0.1, 0.15) is 0 Å². The number of benzene rings is 1. The first-order valence-electron chi connectivity index (χ1n) is 7.49. The zero-order valence-electron chi connectivity index (χ0n) is 12.4. The van der Waals surface area contributed by atoms with Crippen molar-refractivity contribution in [1.82, 2.24) is 5.32 Å². The van der Waals surface area contributed by atoms with Gasteiger partial charge in [0.2, 0.25) is 0 Å². The Morgan fingerprint density at radius 3 is 2.52 bits per heavy atom. The molecular weight excluding hydrogens is 264 g/mol. The lowest BCUT2D eigenvalue weighted by Gasteiger charge is -2.13. The number of nitrogens with one attached hydrogen (secondary N) is 2. The topological polar surface area (TPSA) is 58.2 Å². The Morgan fingerprint density at radius 2 is 1.90 bits per heavy atom. The second-order valence-electron chi connectivity index (χ2n) is 5.37. The van der Waals surface area contributed by atoms with Crippen LogP contribution in [0, 0.1) is 0 Å². The van der Waals surface area contributed by atoms with Gasteiger partial charge in [-0.2, -0.15) is 0 Å². The lowest BCUT2D eigenvalue weighted by Crippen LogP contribution is -2.29. The second kappa shape index (κ2) is 7.62. The number of rotatable bonds is 5. The van der Waals surface area contributed by atoms with Gasteiger partial charge in [-0.1, -0.05) is 11.6 Å². The molecule has 2 N–H and O–H groups in total. The van der Waals surface area contributed by atoms with Crippen molar-refractivity contribution in [2.24, 2.45) is 0 Å². The highest BCUT2D eigenvalue weighted by atomic mass is 16.2. The second-order valence-corrected chi connectivity index (χ2v) is 5.37. The Labute approximate surface area is 125 Å². The minimum atomic E-state index is -0.206. The van der Waals surface area contributed by atoms with Crippen molar-refractivity contribution in [2.75, 3.05) is 11.9 Å². The molecule has 0 unspecified atom stereocenters. The molecule has 0 radical (unpaired) electrons. The van der Waals surface area contributed by atoms with Crippen LogP contribution in [0.1, 0.15) is 49.4 Å². The van der Waals surface area contributed by atoms with Crippen LogP contribution in [0.25, 0.3) is 0 Å². The molecule has 0 bridgehead atoms. The van der Waals surface area contributed by atoms with Crippen LogP contribution >= 0.6 is 0 Å². The molecule has 0 aliphatic heterocycles. The molecular formula is C17H22N2O2. The molecule has 0 aromatic heterocycles. The summed E-state index contributed by atoms with van der Waals surface area (Å²) in [6.07, 6.45) is 8.11. The maximum atomic E-state index is 11.8. The molecule has 0 atom stereocenters. The number of carbonyl (C=O) groups excluding carboxylic acids is 2. The summed E-state index contributed by atoms with van der Waals surface area (Å²) in [5.74, 6) is 0.0201. The summed E-state index contributed by atoms with van der Waals surface area (Å²) >= 11 is 0. The minimum absolute atomic E-state index is 0.0201. The van der Waals surface area contributed by atoms with E-state index >= 15 is 0 Å². The number of Topliss-reactive ketones (excluding diaryl/α,β-unsaturated/α-hetero) is 1. The van der Waals surface area contributed by atoms with Crippen LogP contribution in [-0.2, 0) is 0 Å². The van der Waals surface area contributed by atoms with Crippen LogP contribution in [-0.4, -0.2) is 18.4 Å². The fourth-order valence-electron chi connectivity index (χ4n) is 2.43. The number of hydrogen-bond acceptors (Lipinski definition) is 2. The van der Waals surface area contributed by atoms with E-state index in [2.05, 4.69) is 16.7 Å². The number of allylic oxidation sites excluding steroid dienone is 1. The molecule has 1 aliphatic rings. The van der Waals surface area contributed by atoms with Gasteiger partial charge in [0.05, 0.1) is 0 Å². The van der Waals surface area contributed by atoms with Crippen LogP contribution in [0.3, 0.4) is 0 Å². The molecule has 2 amide bonds. The Balaban J connectivity index is 1.73. The number of hydrogen-bond donors (Lipinski definition) is 2. The van der Waals surface area contributed by atoms with Crippen LogP contribution < -0.4 is 10.6 Å². The third kappa shape index (κ3) is 5.06. The van der Waals surface area contributed by atoms with Gasteiger partial charge in [0.25, 0.3) is 0 Å². The van der Waals surface area contributed by atoms with Gasteiger partial charge in [-0.25, -0.2) is 4.79 Å². The summed E-state index contributed by atoms with van der Waals surface area (Å²) in [6, 6.07) is 6.69. The van der Waals surface area contributed by atoms with Crippen molar-refractivity contribution in [2.45, 2.75) is 39.0 Å². The Morgan fingerprint density at radius 1 is 1.14 bits per heavy atom. The average Bonchev–Trinajstić information content (AvgIpc) is 2.49. The summed E-state index contributed by atoms with van der Waals surface area (Å²) < 4.78 is 0. The van der Waals surface area contributed by atoms with Gasteiger partial charge < -0.3 is 10.6 Å². The minimum Gasteiger partial charge on any atom is -0.338 e. The van der Waals surface area contributed by atoms with E-state index in [1.165, 1.54) is 31.8 Å². The van der Waals surface area contributed by atoms with Crippen molar-refractivity contribution in [1.29, 1.82) is 0 Å². The van der Waals surface area contributed by atoms with E-state index in [1.807, 2.05) is 0 Å². The smallest absolute Gasteiger partial charge is 0.319 e. The molecule has 0 spiro atoms. The summed E-state index contributed by atoms with van der Waals surface area (Å²) in [5, 5.41) is 5.62. The normalized spacial score (nSPS) is 14.2. The molecule has 0 heterocycles. The molecule has 1 aliphatic carbocycles. The van der Waals surface area contributed by atoms with Gasteiger partial charge in [-0.15, -0.1) is 0 Å². The van der Waals surface area contributed by atoms with E-state index in [9.17, 15) is 9.59 Å². The highest BCUT2D eigenvalue weighted by molar-refractivity contribution is 5.95. The van der Waals surface area contributed by atoms with Gasteiger partial charge >= 0.3 is 6.03 Å². The Kier molecular flexibility index (Phi) is 5.55. The molecule has 1 aromatic rings. The molecule has 2 rings (SSSR count). The first-order chi connectivity index (χ1) is 10.1. The predicted molar refractivity (Wildman–Crippen MR) is 84.6 cm³/mol. The Bertz CT molecular complexity index is 532. The van der Waals surface area contributed by atoms with Gasteiger partial charge in [-0.05, 0) is 63.3 Å². The first kappa shape index (κ1) is 15.3. The van der Waals surface area contributed by atoms with Crippen molar-refractivity contribution in [3.8, 4) is 0 Å². The van der Waals surface area contributed by atoms with E-state index in [0.717, 1.165) is 12.8 Å². The highest BCUT2D eigenvalue weighted by Crippen LogP contribution is 2.19. The number of urea groups is 1. The van der Waals surface area contributed by atoms with E-state index in [4.69, 9.17) is 0 Å². The van der Waals surface area contributed by atoms with Crippen molar-refractivity contribution in [3.63, 3.8) is 0 Å². The van der Waals surface area contributed by atoms with Crippen LogP contribution in [0.15, 0.2) is 35.9 Å². The van der Waals surface area contributed by atoms with Crippen molar-refractivity contribution < 1.29 is 9.59 Å². The maximum absolute atomic E-state index is 11.8. The average molecular weight is 286 g/mol. The van der Waals surface area contributed by atoms with Crippen LogP contribution in [0.5, 0.6) is 0 Å². The monoisotopic (exact) mass is 286 g/mol. The zero-order chi connectivity index (χ0) is 15.1. The molecule has 0 fully saturated rings. The fraction of sp³-hybridized carbons (Fsp3) is 0.412. The predicted octanol–water partition coefficient (Wildman–Crippen LogP) is 3.90. The lowest BCUT2D eigenvalue weighted by molar-refractivity contribution is 0.101. The standard InChI is InChI=1S/C17H22N2O2/c1-13(20)15-7-9-16(10-8-15)19-17(21)18-12-11-14-5-3-2-4-6-14/h5,7-10H,2-4,6,11-12H2,1H3,(H2,18,19,21). The summed E-state index contributed by atoms with van der Waals surface area (Å²) in [6.45, 7) is 2.18. The van der Waals surface area contributed by atoms with E-state index < -0.39 is 0 Å². The van der Waals surface area contributed by atoms with E-state index in [1.54, 1.807) is 24.3 Å². The molecule has 1 aromatic carbocycles. The van der Waals surface area contributed by atoms with Gasteiger partial charge in [0, 0.05) is 17.8 Å². The third-order valence-electron chi connectivity index (χ3n) is 3.67. The Hall–Kier alpha value is -2.10. The largest absolute Gasteiger partial charge is 0.338 e. The summed E-state index contributed by atoms with van der Waals surface area (Å²) in [4.78, 5) is 22.9. The summed E-state index contributed by atoms with van der Waals surface area (Å²) in [7, 11) is 0. The number of ketones is 1. The SMILES string of the molecule is CC(=O)c1ccc(NC(=O)NCCC2=CCCCC2)cc1. The fourth-order valence-corrected chi connectivity index (χ4v) is 2.43. The highest BCUT2D eigenvalue weighted by Gasteiger charge is 2.05. The molecule has 112 valence electrons. The quantitative estimate of drug-likeness (QED) is 0.637. The molecule has 0 saturated carbocycles. The lowest BCUT2D eigenvalue weighted by atomic mass is 9.97. The third-order valence-corrected chi connectivity index (χ3v) is 3.67. The maximum Gasteiger partial charge on any atom is 0.319 e. The van der Waals surface area contributed by atoms with Crippen molar-refractivity contribution >= 4 is 17.5 Å². The first-order valence-corrected chi connectivity index (χ1v) is 7.49. The zero-order valence-corrected chi connectivity index (χ0v) is 12.4. The van der Waals surface area contributed by atoms with Crippen LogP contribution in [0.4, 0.5) is 10.5 Å². The van der Waals surface area contributed by atoms with E-state index in [-0.39, 0.29) is 11.8 Å². The number of anilines is 1.